The maximum absolute atomic E-state index is 14.0. The number of aromatic hydroxyl groups is 1. The molecule has 0 bridgehead atoms. The standard InChI is InChI=1S/C39H46O7/c1-9-38(7,34(42)44-23-32-30-16-12-10-14-26(30)22-27-15-11-13-17-31(27)32)25-39(8,24-37(5,6)33(41)46-36(2,3)4)35(43)45-29-20-18-28(40)19-21-29/h10-22,40H,9,23-25H2,1-8H3. The minimum atomic E-state index is -1.30. The third-order valence-corrected chi connectivity index (χ3v) is 8.61. The van der Waals surface area contributed by atoms with E-state index in [0.29, 0.717) is 6.42 Å². The molecule has 4 rings (SSSR count). The Morgan fingerprint density at radius 3 is 1.74 bits per heavy atom. The fourth-order valence-electron chi connectivity index (χ4n) is 6.19. The number of rotatable bonds is 11. The molecule has 4 aromatic rings. The molecule has 0 radical (unpaired) electrons. The number of hydrogen-bond acceptors (Lipinski definition) is 7. The average molecular weight is 627 g/mol. The molecule has 0 aliphatic heterocycles. The van der Waals surface area contributed by atoms with Crippen LogP contribution < -0.4 is 4.74 Å². The van der Waals surface area contributed by atoms with Crippen LogP contribution in [0.4, 0.5) is 0 Å². The maximum Gasteiger partial charge on any atom is 0.317 e. The summed E-state index contributed by atoms with van der Waals surface area (Å²) in [6, 6.07) is 24.0. The van der Waals surface area contributed by atoms with Gasteiger partial charge in [-0.2, -0.15) is 0 Å². The van der Waals surface area contributed by atoms with Gasteiger partial charge in [-0.1, -0.05) is 55.5 Å². The van der Waals surface area contributed by atoms with Crippen molar-refractivity contribution in [2.24, 2.45) is 16.2 Å². The molecule has 7 heteroatoms. The first-order chi connectivity index (χ1) is 21.5. The first-order valence-electron chi connectivity index (χ1n) is 15.8. The van der Waals surface area contributed by atoms with Crippen molar-refractivity contribution in [3.05, 3.63) is 84.4 Å². The lowest BCUT2D eigenvalue weighted by Crippen LogP contribution is -2.45. The summed E-state index contributed by atoms with van der Waals surface area (Å²) in [4.78, 5) is 41.4. The van der Waals surface area contributed by atoms with E-state index in [-0.39, 0.29) is 30.9 Å². The molecule has 7 nitrogen and oxygen atoms in total. The molecule has 0 aromatic heterocycles. The molecule has 4 aromatic carbocycles. The average Bonchev–Trinajstić information content (AvgIpc) is 2.98. The highest BCUT2D eigenvalue weighted by Crippen LogP contribution is 2.46. The van der Waals surface area contributed by atoms with E-state index in [4.69, 9.17) is 14.2 Å². The maximum atomic E-state index is 14.0. The molecule has 0 saturated heterocycles. The van der Waals surface area contributed by atoms with Crippen molar-refractivity contribution in [1.29, 1.82) is 0 Å². The van der Waals surface area contributed by atoms with Gasteiger partial charge < -0.3 is 19.3 Å². The molecular weight excluding hydrogens is 580 g/mol. The lowest BCUT2D eigenvalue weighted by molar-refractivity contribution is -0.171. The van der Waals surface area contributed by atoms with Crippen LogP contribution in [0.25, 0.3) is 21.5 Å². The topological polar surface area (TPSA) is 99.1 Å². The second-order valence-electron chi connectivity index (χ2n) is 14.5. The van der Waals surface area contributed by atoms with Gasteiger partial charge in [0.15, 0.2) is 0 Å². The number of ether oxygens (including phenoxy) is 3. The predicted molar refractivity (Wildman–Crippen MR) is 180 cm³/mol. The highest BCUT2D eigenvalue weighted by molar-refractivity contribution is 6.02. The molecule has 0 heterocycles. The fourth-order valence-corrected chi connectivity index (χ4v) is 6.19. The Bertz CT molecular complexity index is 1680. The zero-order chi connectivity index (χ0) is 33.9. The minimum Gasteiger partial charge on any atom is -0.508 e. The highest BCUT2D eigenvalue weighted by Gasteiger charge is 2.50. The van der Waals surface area contributed by atoms with Crippen molar-refractivity contribution in [2.45, 2.75) is 86.9 Å². The molecular formula is C39H46O7. The third-order valence-electron chi connectivity index (χ3n) is 8.61. The van der Waals surface area contributed by atoms with Gasteiger partial charge in [0.1, 0.15) is 23.7 Å². The summed E-state index contributed by atoms with van der Waals surface area (Å²) in [5.41, 5.74) is -3.27. The molecule has 2 atom stereocenters. The van der Waals surface area contributed by atoms with Crippen LogP contribution in [0.1, 0.15) is 80.2 Å². The van der Waals surface area contributed by atoms with Crippen LogP contribution in [0.5, 0.6) is 11.5 Å². The van der Waals surface area contributed by atoms with Crippen molar-refractivity contribution >= 4 is 39.5 Å². The Hall–Kier alpha value is -4.39. The monoisotopic (exact) mass is 626 g/mol. The fraction of sp³-hybridized carbons (Fsp3) is 0.410. The van der Waals surface area contributed by atoms with E-state index in [1.807, 2.05) is 55.5 Å². The van der Waals surface area contributed by atoms with E-state index in [2.05, 4.69) is 6.07 Å². The second-order valence-corrected chi connectivity index (χ2v) is 14.5. The number of esters is 3. The highest BCUT2D eigenvalue weighted by atomic mass is 16.6. The third kappa shape index (κ3) is 7.87. The van der Waals surface area contributed by atoms with Gasteiger partial charge in [-0.3, -0.25) is 14.4 Å². The number of carbonyl (C=O) groups excluding carboxylic acids is 3. The Morgan fingerprint density at radius 1 is 0.674 bits per heavy atom. The molecule has 1 N–H and O–H groups in total. The minimum absolute atomic E-state index is 0.0360. The van der Waals surface area contributed by atoms with Crippen LogP contribution >= 0.6 is 0 Å². The normalized spacial score (nSPS) is 14.7. The summed E-state index contributed by atoms with van der Waals surface area (Å²) in [5, 5.41) is 13.8. The van der Waals surface area contributed by atoms with Gasteiger partial charge in [0.25, 0.3) is 0 Å². The SMILES string of the molecule is CCC(C)(CC(C)(CC(C)(C)C(=O)OC(C)(C)C)C(=O)Oc1ccc(O)cc1)C(=O)OCc1c2ccccc2cc2ccccc12. The zero-order valence-electron chi connectivity index (χ0n) is 28.2. The Balaban J connectivity index is 1.65. The molecule has 46 heavy (non-hydrogen) atoms. The van der Waals surface area contributed by atoms with E-state index in [1.54, 1.807) is 48.5 Å². The largest absolute Gasteiger partial charge is 0.508 e. The van der Waals surface area contributed by atoms with Gasteiger partial charge in [0, 0.05) is 5.56 Å². The Kier molecular flexibility index (Phi) is 9.86. The first kappa shape index (κ1) is 34.5. The first-order valence-corrected chi connectivity index (χ1v) is 15.8. The smallest absolute Gasteiger partial charge is 0.317 e. The van der Waals surface area contributed by atoms with Crippen LogP contribution in [0, 0.1) is 16.2 Å². The molecule has 0 aliphatic rings. The van der Waals surface area contributed by atoms with E-state index < -0.39 is 39.8 Å². The quantitative estimate of drug-likeness (QED) is 0.101. The number of carbonyl (C=O) groups is 3. The van der Waals surface area contributed by atoms with Gasteiger partial charge in [0.05, 0.1) is 16.2 Å². The van der Waals surface area contributed by atoms with Gasteiger partial charge in [-0.05, 0) is 120 Å². The van der Waals surface area contributed by atoms with Gasteiger partial charge in [-0.15, -0.1) is 0 Å². The number of benzene rings is 4. The van der Waals surface area contributed by atoms with Crippen molar-refractivity contribution < 1.29 is 33.7 Å². The number of phenols is 1. The molecule has 244 valence electrons. The van der Waals surface area contributed by atoms with E-state index in [9.17, 15) is 19.5 Å². The van der Waals surface area contributed by atoms with E-state index >= 15 is 0 Å². The lowest BCUT2D eigenvalue weighted by atomic mass is 9.65. The van der Waals surface area contributed by atoms with Gasteiger partial charge >= 0.3 is 17.9 Å². The molecule has 0 amide bonds. The summed E-state index contributed by atoms with van der Waals surface area (Å²) in [6.07, 6.45) is 0.508. The summed E-state index contributed by atoms with van der Waals surface area (Å²) in [7, 11) is 0. The van der Waals surface area contributed by atoms with Crippen molar-refractivity contribution in [2.75, 3.05) is 0 Å². The Labute approximate surface area is 271 Å². The summed E-state index contributed by atoms with van der Waals surface area (Å²) < 4.78 is 17.6. The number of hydrogen-bond donors (Lipinski definition) is 1. The predicted octanol–water partition coefficient (Wildman–Crippen LogP) is 8.92. The van der Waals surface area contributed by atoms with Crippen LogP contribution in [0.15, 0.2) is 78.9 Å². The van der Waals surface area contributed by atoms with Crippen LogP contribution in [-0.4, -0.2) is 28.6 Å². The summed E-state index contributed by atoms with van der Waals surface area (Å²) >= 11 is 0. The van der Waals surface area contributed by atoms with E-state index in [1.165, 1.54) is 24.3 Å². The van der Waals surface area contributed by atoms with Crippen LogP contribution in [-0.2, 0) is 30.5 Å². The van der Waals surface area contributed by atoms with Gasteiger partial charge in [0.2, 0.25) is 0 Å². The lowest BCUT2D eigenvalue weighted by Gasteiger charge is -2.40. The van der Waals surface area contributed by atoms with Crippen LogP contribution in [0.2, 0.25) is 0 Å². The molecule has 2 unspecified atom stereocenters. The number of phenolic OH excluding ortho intramolecular Hbond substituents is 1. The molecule has 0 spiro atoms. The van der Waals surface area contributed by atoms with Crippen molar-refractivity contribution in [3.63, 3.8) is 0 Å². The molecule has 0 saturated carbocycles. The zero-order valence-corrected chi connectivity index (χ0v) is 28.2. The second kappa shape index (κ2) is 13.1. The summed E-state index contributed by atoms with van der Waals surface area (Å²) in [5.74, 6) is -1.21. The van der Waals surface area contributed by atoms with E-state index in [0.717, 1.165) is 27.1 Å². The molecule has 0 fully saturated rings. The Morgan fingerprint density at radius 2 is 1.22 bits per heavy atom. The molecule has 0 aliphatic carbocycles. The van der Waals surface area contributed by atoms with Crippen molar-refractivity contribution in [3.8, 4) is 11.5 Å². The van der Waals surface area contributed by atoms with Crippen LogP contribution in [0.3, 0.4) is 0 Å². The van der Waals surface area contributed by atoms with Crippen molar-refractivity contribution in [1.82, 2.24) is 0 Å². The number of fused-ring (bicyclic) bond motifs is 2. The van der Waals surface area contributed by atoms with Gasteiger partial charge in [-0.25, -0.2) is 0 Å². The summed E-state index contributed by atoms with van der Waals surface area (Å²) in [6.45, 7) is 14.3.